The lowest BCUT2D eigenvalue weighted by atomic mass is 10.1. The van der Waals surface area contributed by atoms with Crippen molar-refractivity contribution in [3.05, 3.63) is 36.4 Å². The third kappa shape index (κ3) is 4.29. The summed E-state index contributed by atoms with van der Waals surface area (Å²) >= 11 is 0. The monoisotopic (exact) mass is 364 g/mol. The van der Waals surface area contributed by atoms with Crippen LogP contribution in [-0.2, 0) is 14.8 Å². The fraction of sp³-hybridized carbons (Fsp3) is 0.389. The van der Waals surface area contributed by atoms with Crippen molar-refractivity contribution in [3.63, 3.8) is 0 Å². The number of aliphatic carboxylic acids is 1. The third-order valence-corrected chi connectivity index (χ3v) is 5.60. The maximum absolute atomic E-state index is 12.8. The molecule has 2 N–H and O–H groups in total. The predicted molar refractivity (Wildman–Crippen MR) is 99.5 cm³/mol. The lowest BCUT2D eigenvalue weighted by Gasteiger charge is -2.18. The van der Waals surface area contributed by atoms with Crippen molar-refractivity contribution in [2.75, 3.05) is 19.0 Å². The predicted octanol–water partition coefficient (Wildman–Crippen LogP) is 2.83. The van der Waals surface area contributed by atoms with Gasteiger partial charge in [-0.2, -0.15) is 4.72 Å². The highest BCUT2D eigenvalue weighted by Gasteiger charge is 2.26. The Bertz CT molecular complexity index is 863. The Labute approximate surface area is 148 Å². The van der Waals surface area contributed by atoms with Gasteiger partial charge in [-0.05, 0) is 18.6 Å². The summed E-state index contributed by atoms with van der Waals surface area (Å²) in [6, 6.07) is 9.34. The van der Waals surface area contributed by atoms with E-state index in [0.717, 1.165) is 17.5 Å². The first kappa shape index (κ1) is 19.2. The van der Waals surface area contributed by atoms with Crippen molar-refractivity contribution < 1.29 is 18.3 Å². The van der Waals surface area contributed by atoms with Crippen LogP contribution in [0.1, 0.15) is 26.2 Å². The van der Waals surface area contributed by atoms with Gasteiger partial charge >= 0.3 is 5.97 Å². The van der Waals surface area contributed by atoms with Gasteiger partial charge in [0.1, 0.15) is 6.04 Å². The summed E-state index contributed by atoms with van der Waals surface area (Å²) in [5, 5.41) is 10.7. The lowest BCUT2D eigenvalue weighted by molar-refractivity contribution is -0.139. The third-order valence-electron chi connectivity index (χ3n) is 4.07. The van der Waals surface area contributed by atoms with Crippen molar-refractivity contribution in [1.82, 2.24) is 4.72 Å². The number of rotatable bonds is 8. The second-order valence-corrected chi connectivity index (χ2v) is 7.86. The highest BCUT2D eigenvalue weighted by atomic mass is 32.2. The summed E-state index contributed by atoms with van der Waals surface area (Å²) in [6.07, 6.45) is 1.70. The topological polar surface area (TPSA) is 86.7 Å². The molecule has 2 rings (SSSR count). The zero-order valence-corrected chi connectivity index (χ0v) is 15.5. The van der Waals surface area contributed by atoms with Gasteiger partial charge in [0.15, 0.2) is 0 Å². The Kier molecular flexibility index (Phi) is 6.02. The number of hydrogen-bond acceptors (Lipinski definition) is 4. The van der Waals surface area contributed by atoms with Crippen molar-refractivity contribution in [1.29, 1.82) is 0 Å². The molecule has 0 saturated heterocycles. The summed E-state index contributed by atoms with van der Waals surface area (Å²) in [4.78, 5) is 13.4. The van der Waals surface area contributed by atoms with E-state index in [2.05, 4.69) is 4.72 Å². The second kappa shape index (κ2) is 7.84. The van der Waals surface area contributed by atoms with Gasteiger partial charge in [0.25, 0.3) is 0 Å². The first-order valence-corrected chi connectivity index (χ1v) is 9.70. The second-order valence-electron chi connectivity index (χ2n) is 6.18. The molecule has 2 aromatic carbocycles. The SMILES string of the molecule is CCCC[C@H](NS(=O)(=O)c1cccc2c(N(C)C)cccc12)C(=O)O. The van der Waals surface area contributed by atoms with Crippen molar-refractivity contribution >= 4 is 32.5 Å². The zero-order chi connectivity index (χ0) is 18.6. The number of unbranched alkanes of at least 4 members (excludes halogenated alkanes) is 1. The van der Waals surface area contributed by atoms with Crippen LogP contribution < -0.4 is 9.62 Å². The molecule has 1 atom stereocenters. The molecule has 136 valence electrons. The van der Waals surface area contributed by atoms with E-state index < -0.39 is 22.0 Å². The molecule has 0 unspecified atom stereocenters. The number of carboxylic acids is 1. The first-order chi connectivity index (χ1) is 11.8. The minimum atomic E-state index is -3.95. The van der Waals surface area contributed by atoms with E-state index in [1.807, 2.05) is 38.1 Å². The summed E-state index contributed by atoms with van der Waals surface area (Å²) in [5.74, 6) is -1.16. The molecule has 0 radical (unpaired) electrons. The Morgan fingerprint density at radius 3 is 2.40 bits per heavy atom. The molecule has 0 aliphatic carbocycles. The number of nitrogens with zero attached hydrogens (tertiary/aromatic N) is 1. The number of hydrogen-bond donors (Lipinski definition) is 2. The van der Waals surface area contributed by atoms with Crippen LogP contribution in [0.15, 0.2) is 41.3 Å². The van der Waals surface area contributed by atoms with Gasteiger partial charge in [-0.15, -0.1) is 0 Å². The minimum Gasteiger partial charge on any atom is -0.480 e. The highest BCUT2D eigenvalue weighted by molar-refractivity contribution is 7.89. The average molecular weight is 364 g/mol. The number of nitrogens with one attached hydrogen (secondary N) is 1. The van der Waals surface area contributed by atoms with E-state index in [1.54, 1.807) is 18.2 Å². The number of anilines is 1. The quantitative estimate of drug-likeness (QED) is 0.752. The van der Waals surface area contributed by atoms with Gasteiger partial charge in [-0.25, -0.2) is 8.42 Å². The number of carbonyl (C=O) groups is 1. The van der Waals surface area contributed by atoms with Crippen molar-refractivity contribution in [2.24, 2.45) is 0 Å². The average Bonchev–Trinajstić information content (AvgIpc) is 2.57. The Morgan fingerprint density at radius 1 is 1.16 bits per heavy atom. The molecule has 7 heteroatoms. The van der Waals surface area contributed by atoms with Gasteiger partial charge in [0.05, 0.1) is 4.90 Å². The molecule has 0 heterocycles. The standard InChI is InChI=1S/C18H24N2O4S/c1-4-5-10-15(18(21)22)19-25(23,24)17-12-7-8-13-14(17)9-6-11-16(13)20(2)3/h6-9,11-12,15,19H,4-5,10H2,1-3H3,(H,21,22)/t15-/m0/s1. The van der Waals surface area contributed by atoms with Crippen LogP contribution in [0, 0.1) is 0 Å². The fourth-order valence-corrected chi connectivity index (χ4v) is 4.23. The molecule has 0 spiro atoms. The molecule has 0 bridgehead atoms. The lowest BCUT2D eigenvalue weighted by Crippen LogP contribution is -2.40. The maximum Gasteiger partial charge on any atom is 0.321 e. The van der Waals surface area contributed by atoms with E-state index in [0.29, 0.717) is 11.8 Å². The Balaban J connectivity index is 2.49. The summed E-state index contributed by atoms with van der Waals surface area (Å²) in [6.45, 7) is 1.93. The summed E-state index contributed by atoms with van der Waals surface area (Å²) in [5.41, 5.74) is 0.898. The van der Waals surface area contributed by atoms with E-state index in [1.165, 1.54) is 6.07 Å². The van der Waals surface area contributed by atoms with E-state index in [-0.39, 0.29) is 11.3 Å². The van der Waals surface area contributed by atoms with Gasteiger partial charge in [0.2, 0.25) is 10.0 Å². The Hall–Kier alpha value is -2.12. The normalized spacial score (nSPS) is 12.9. The summed E-state index contributed by atoms with van der Waals surface area (Å²) < 4.78 is 28.0. The zero-order valence-electron chi connectivity index (χ0n) is 14.7. The van der Waals surface area contributed by atoms with Crippen LogP contribution in [0.2, 0.25) is 0 Å². The van der Waals surface area contributed by atoms with Crippen LogP contribution >= 0.6 is 0 Å². The summed E-state index contributed by atoms with van der Waals surface area (Å²) in [7, 11) is -0.177. The molecule has 0 amide bonds. The highest BCUT2D eigenvalue weighted by Crippen LogP contribution is 2.30. The first-order valence-electron chi connectivity index (χ1n) is 8.22. The van der Waals surface area contributed by atoms with Crippen molar-refractivity contribution in [2.45, 2.75) is 37.1 Å². The number of benzene rings is 2. The van der Waals surface area contributed by atoms with Crippen LogP contribution in [0.4, 0.5) is 5.69 Å². The molecule has 6 nitrogen and oxygen atoms in total. The number of carboxylic acid groups (broad SMARTS) is 1. The van der Waals surface area contributed by atoms with E-state index in [9.17, 15) is 18.3 Å². The molecule has 0 fully saturated rings. The van der Waals surface area contributed by atoms with Crippen molar-refractivity contribution in [3.8, 4) is 0 Å². The Morgan fingerprint density at radius 2 is 1.80 bits per heavy atom. The molecule has 25 heavy (non-hydrogen) atoms. The maximum atomic E-state index is 12.8. The molecule has 0 saturated carbocycles. The van der Waals surface area contributed by atoms with Gasteiger partial charge < -0.3 is 10.0 Å². The van der Waals surface area contributed by atoms with Gasteiger partial charge in [0, 0.05) is 30.6 Å². The fourth-order valence-electron chi connectivity index (χ4n) is 2.78. The molecule has 0 aromatic heterocycles. The minimum absolute atomic E-state index is 0.0939. The smallest absolute Gasteiger partial charge is 0.321 e. The van der Waals surface area contributed by atoms with Crippen LogP contribution in [0.5, 0.6) is 0 Å². The van der Waals surface area contributed by atoms with Crippen LogP contribution in [-0.4, -0.2) is 39.6 Å². The molecule has 2 aromatic rings. The largest absolute Gasteiger partial charge is 0.480 e. The van der Waals surface area contributed by atoms with Crippen LogP contribution in [0.25, 0.3) is 10.8 Å². The molecule has 0 aliphatic rings. The van der Waals surface area contributed by atoms with Gasteiger partial charge in [-0.1, -0.05) is 44.0 Å². The number of sulfonamides is 1. The van der Waals surface area contributed by atoms with E-state index >= 15 is 0 Å². The van der Waals surface area contributed by atoms with Gasteiger partial charge in [-0.3, -0.25) is 4.79 Å². The van der Waals surface area contributed by atoms with E-state index in [4.69, 9.17) is 0 Å². The van der Waals surface area contributed by atoms with Crippen LogP contribution in [0.3, 0.4) is 0 Å². The molecule has 0 aliphatic heterocycles. The number of fused-ring (bicyclic) bond motifs is 1. The molecular weight excluding hydrogens is 340 g/mol. The molecular formula is C18H24N2O4S.